The Balaban J connectivity index is 1.66. The van der Waals surface area contributed by atoms with Crippen LogP contribution < -0.4 is 10.1 Å². The Kier molecular flexibility index (Phi) is 9.34. The maximum atomic E-state index is 13.5. The number of amides is 3. The van der Waals surface area contributed by atoms with Crippen molar-refractivity contribution >= 4 is 23.4 Å². The Morgan fingerprint density at radius 2 is 1.54 bits per heavy atom. The second-order valence-corrected chi connectivity index (χ2v) is 10.2. The molecule has 0 radical (unpaired) electrons. The zero-order valence-corrected chi connectivity index (χ0v) is 23.4. The molecule has 0 saturated heterocycles. The van der Waals surface area contributed by atoms with Gasteiger partial charge in [0.15, 0.2) is 0 Å². The molecule has 1 aliphatic rings. The highest BCUT2D eigenvalue weighted by molar-refractivity contribution is 6.05. The van der Waals surface area contributed by atoms with E-state index in [0.29, 0.717) is 17.8 Å². The lowest BCUT2D eigenvalue weighted by Crippen LogP contribution is -2.48. The van der Waals surface area contributed by atoms with Gasteiger partial charge in [-0.3, -0.25) is 14.4 Å². The number of hydrogen-bond acceptors (Lipinski definition) is 5. The molecule has 4 rings (SSSR count). The Morgan fingerprint density at radius 3 is 2.15 bits per heavy atom. The lowest BCUT2D eigenvalue weighted by molar-refractivity contribution is 0.0111. The number of methoxy groups -OCH3 is 1. The molecule has 3 amide bonds. The number of nitrogens with zero attached hydrogens (tertiary/aromatic N) is 2. The van der Waals surface area contributed by atoms with Crippen LogP contribution >= 0.6 is 0 Å². The van der Waals surface area contributed by atoms with Crippen LogP contribution in [0, 0.1) is 17.6 Å². The van der Waals surface area contributed by atoms with Crippen molar-refractivity contribution < 1.29 is 32.6 Å². The maximum Gasteiger partial charge on any atom is 0.257 e. The predicted octanol–water partition coefficient (Wildman–Crippen LogP) is 4.86. The fraction of sp³-hybridized carbons (Fsp3) is 0.323. The van der Waals surface area contributed by atoms with Crippen LogP contribution in [0.1, 0.15) is 44.9 Å². The Hall–Kier alpha value is -4.31. The highest BCUT2D eigenvalue weighted by atomic mass is 19.1. The Bertz CT molecular complexity index is 1400. The molecule has 0 bridgehead atoms. The van der Waals surface area contributed by atoms with Crippen LogP contribution in [0.15, 0.2) is 66.7 Å². The van der Waals surface area contributed by atoms with Gasteiger partial charge >= 0.3 is 0 Å². The van der Waals surface area contributed by atoms with Gasteiger partial charge in [-0.2, -0.15) is 0 Å². The summed E-state index contributed by atoms with van der Waals surface area (Å²) in [6.45, 7) is 4.38. The average Bonchev–Trinajstić information content (AvgIpc) is 2.96. The van der Waals surface area contributed by atoms with Crippen molar-refractivity contribution in [1.29, 1.82) is 0 Å². The summed E-state index contributed by atoms with van der Waals surface area (Å²) in [5.74, 6) is -1.85. The van der Waals surface area contributed by atoms with E-state index < -0.39 is 23.6 Å². The van der Waals surface area contributed by atoms with Gasteiger partial charge < -0.3 is 24.6 Å². The van der Waals surface area contributed by atoms with Crippen molar-refractivity contribution in [3.63, 3.8) is 0 Å². The summed E-state index contributed by atoms with van der Waals surface area (Å²) in [7, 11) is 3.22. The summed E-state index contributed by atoms with van der Waals surface area (Å²) in [5, 5.41) is 2.74. The third kappa shape index (κ3) is 7.07. The largest absolute Gasteiger partial charge is 0.491 e. The highest BCUT2D eigenvalue weighted by Gasteiger charge is 2.31. The van der Waals surface area contributed by atoms with Crippen LogP contribution in [0.2, 0.25) is 0 Å². The first-order valence-electron chi connectivity index (χ1n) is 13.3. The number of fused-ring (bicyclic) bond motifs is 1. The van der Waals surface area contributed by atoms with Gasteiger partial charge in [-0.15, -0.1) is 0 Å². The summed E-state index contributed by atoms with van der Waals surface area (Å²) in [4.78, 5) is 42.9. The molecular weight excluding hydrogens is 532 g/mol. The second kappa shape index (κ2) is 12.9. The zero-order valence-electron chi connectivity index (χ0n) is 23.4. The number of rotatable bonds is 4. The van der Waals surface area contributed by atoms with E-state index in [0.717, 1.165) is 0 Å². The van der Waals surface area contributed by atoms with Crippen molar-refractivity contribution in [2.75, 3.05) is 39.2 Å². The van der Waals surface area contributed by atoms with Crippen molar-refractivity contribution in [3.05, 3.63) is 95.1 Å². The summed E-state index contributed by atoms with van der Waals surface area (Å²) >= 11 is 0. The predicted molar refractivity (Wildman–Crippen MR) is 150 cm³/mol. The molecule has 10 heteroatoms. The topological polar surface area (TPSA) is 88.2 Å². The molecule has 0 unspecified atom stereocenters. The SMILES string of the molecule is CO[C@@H]1CN(C)C(=O)c2ccc(NC(=O)c3ccc(F)cc3)cc2OC[C@H](C)N(C(=O)c2ccc(F)cc2)C[C@@H]1C. The molecule has 41 heavy (non-hydrogen) atoms. The fourth-order valence-corrected chi connectivity index (χ4v) is 4.70. The molecule has 0 spiro atoms. The lowest BCUT2D eigenvalue weighted by Gasteiger charge is -2.36. The number of carbonyl (C=O) groups is 3. The lowest BCUT2D eigenvalue weighted by atomic mass is 10.0. The fourth-order valence-electron chi connectivity index (χ4n) is 4.70. The molecule has 0 aromatic heterocycles. The van der Waals surface area contributed by atoms with E-state index in [4.69, 9.17) is 9.47 Å². The number of halogens is 2. The van der Waals surface area contributed by atoms with Gasteiger partial charge in [0.1, 0.15) is 24.0 Å². The molecular formula is C31H33F2N3O5. The number of likely N-dealkylation sites (N-methyl/N-ethyl adjacent to an activating group) is 1. The van der Waals surface area contributed by atoms with Gasteiger partial charge in [-0.25, -0.2) is 8.78 Å². The van der Waals surface area contributed by atoms with E-state index in [1.165, 1.54) is 53.4 Å². The molecule has 8 nitrogen and oxygen atoms in total. The van der Waals surface area contributed by atoms with E-state index in [2.05, 4.69) is 5.32 Å². The van der Waals surface area contributed by atoms with Crippen LogP contribution in [0.25, 0.3) is 0 Å². The Morgan fingerprint density at radius 1 is 0.927 bits per heavy atom. The van der Waals surface area contributed by atoms with Crippen molar-refractivity contribution in [2.45, 2.75) is 26.0 Å². The standard InChI is InChI=1S/C31H33F2N3O5/c1-19-16-36(30(38)22-7-11-24(33)12-8-22)20(2)18-41-27-15-25(34-29(37)21-5-9-23(32)10-6-21)13-14-26(27)31(39)35(3)17-28(19)40-4/h5-15,19-20,28H,16-18H2,1-4H3,(H,34,37)/t19-,20-,28+/m0/s1. The number of nitrogens with one attached hydrogen (secondary N) is 1. The maximum absolute atomic E-state index is 13.5. The van der Waals surface area contributed by atoms with E-state index in [1.807, 2.05) is 13.8 Å². The highest BCUT2D eigenvalue weighted by Crippen LogP contribution is 2.27. The van der Waals surface area contributed by atoms with E-state index >= 15 is 0 Å². The van der Waals surface area contributed by atoms with E-state index in [1.54, 1.807) is 37.3 Å². The van der Waals surface area contributed by atoms with E-state index in [-0.39, 0.29) is 53.9 Å². The first-order chi connectivity index (χ1) is 19.6. The molecule has 0 fully saturated rings. The van der Waals surface area contributed by atoms with Gasteiger partial charge in [0, 0.05) is 56.0 Å². The number of hydrogen-bond donors (Lipinski definition) is 1. The number of ether oxygens (including phenoxy) is 2. The first kappa shape index (κ1) is 29.7. The summed E-state index contributed by atoms with van der Waals surface area (Å²) in [6.07, 6.45) is -0.377. The molecule has 1 aliphatic heterocycles. The van der Waals surface area contributed by atoms with Crippen LogP contribution in [0.3, 0.4) is 0 Å². The summed E-state index contributed by atoms with van der Waals surface area (Å²) in [6, 6.07) is 14.8. The van der Waals surface area contributed by atoms with Crippen LogP contribution in [-0.2, 0) is 4.74 Å². The molecule has 3 aromatic rings. The van der Waals surface area contributed by atoms with Gasteiger partial charge in [0.25, 0.3) is 17.7 Å². The van der Waals surface area contributed by atoms with E-state index in [9.17, 15) is 23.2 Å². The Labute approximate surface area is 237 Å². The number of carbonyl (C=O) groups excluding carboxylic acids is 3. The van der Waals surface area contributed by atoms with Crippen LogP contribution in [0.5, 0.6) is 5.75 Å². The molecule has 3 atom stereocenters. The van der Waals surface area contributed by atoms with Crippen molar-refractivity contribution in [1.82, 2.24) is 9.80 Å². The number of benzene rings is 3. The van der Waals surface area contributed by atoms with Crippen molar-refractivity contribution in [3.8, 4) is 5.75 Å². The third-order valence-corrected chi connectivity index (χ3v) is 7.16. The average molecular weight is 566 g/mol. The minimum absolute atomic E-state index is 0.0384. The quantitative estimate of drug-likeness (QED) is 0.488. The van der Waals surface area contributed by atoms with Crippen LogP contribution in [-0.4, -0.2) is 73.5 Å². The van der Waals surface area contributed by atoms with Gasteiger partial charge in [0.2, 0.25) is 0 Å². The summed E-state index contributed by atoms with van der Waals surface area (Å²) < 4.78 is 38.7. The van der Waals surface area contributed by atoms with Gasteiger partial charge in [0.05, 0.1) is 17.7 Å². The minimum Gasteiger partial charge on any atom is -0.491 e. The molecule has 0 saturated carbocycles. The minimum atomic E-state index is -0.456. The second-order valence-electron chi connectivity index (χ2n) is 10.2. The summed E-state index contributed by atoms with van der Waals surface area (Å²) in [5.41, 5.74) is 1.25. The first-order valence-corrected chi connectivity index (χ1v) is 13.3. The molecule has 0 aliphatic carbocycles. The van der Waals surface area contributed by atoms with Crippen LogP contribution in [0.4, 0.5) is 14.5 Å². The molecule has 3 aromatic carbocycles. The molecule has 1 heterocycles. The molecule has 1 N–H and O–H groups in total. The van der Waals surface area contributed by atoms with Crippen molar-refractivity contribution in [2.24, 2.45) is 5.92 Å². The molecule has 216 valence electrons. The van der Waals surface area contributed by atoms with Gasteiger partial charge in [-0.05, 0) is 67.6 Å². The zero-order chi connectivity index (χ0) is 29.7. The normalized spacial score (nSPS) is 19.9. The third-order valence-electron chi connectivity index (χ3n) is 7.16. The monoisotopic (exact) mass is 565 g/mol. The smallest absolute Gasteiger partial charge is 0.257 e. The van der Waals surface area contributed by atoms with Gasteiger partial charge in [-0.1, -0.05) is 6.92 Å². The number of anilines is 1.